The van der Waals surface area contributed by atoms with Crippen LogP contribution >= 0.6 is 24.4 Å². The van der Waals surface area contributed by atoms with E-state index in [-0.39, 0.29) is 10.8 Å². The molecule has 0 aliphatic rings. The fourth-order valence-corrected chi connectivity index (χ4v) is 2.87. The zero-order chi connectivity index (χ0) is 14.9. The van der Waals surface area contributed by atoms with E-state index in [9.17, 15) is 4.79 Å². The van der Waals surface area contributed by atoms with Gasteiger partial charge in [0, 0.05) is 23.0 Å². The third-order valence-corrected chi connectivity index (χ3v) is 5.43. The van der Waals surface area contributed by atoms with Crippen molar-refractivity contribution in [3.05, 3.63) is 0 Å². The third kappa shape index (κ3) is 10.7. The first kappa shape index (κ1) is 19.3. The molecule has 0 bridgehead atoms. The molecule has 2 nitrogen and oxygen atoms in total. The van der Waals surface area contributed by atoms with Crippen molar-refractivity contribution in [3.8, 4) is 0 Å². The lowest BCUT2D eigenvalue weighted by molar-refractivity contribution is -0.111. The van der Waals surface area contributed by atoms with Crippen LogP contribution in [-0.2, 0) is 4.79 Å². The maximum atomic E-state index is 11.7. The highest BCUT2D eigenvalue weighted by Gasteiger charge is 2.21. The second-order valence-electron chi connectivity index (χ2n) is 6.11. The quantitative estimate of drug-likeness (QED) is 0.468. The first-order valence-electron chi connectivity index (χ1n) is 7.40. The SMILES string of the molecule is CCC(C)CCCCC(=O)SCCC(S)C(C)(C)N. The smallest absolute Gasteiger partial charge is 0.188 e. The Labute approximate surface area is 129 Å². The number of nitrogens with two attached hydrogens (primary N) is 1. The van der Waals surface area contributed by atoms with Gasteiger partial charge in [-0.3, -0.25) is 4.79 Å². The number of hydrogen-bond acceptors (Lipinski definition) is 4. The lowest BCUT2D eigenvalue weighted by Crippen LogP contribution is -2.42. The summed E-state index contributed by atoms with van der Waals surface area (Å²) in [6, 6.07) is 0. The molecule has 0 rings (SSSR count). The number of carbonyl (C=O) groups is 1. The monoisotopic (exact) mass is 305 g/mol. The Balaban J connectivity index is 3.55. The first-order valence-corrected chi connectivity index (χ1v) is 8.90. The summed E-state index contributed by atoms with van der Waals surface area (Å²) in [5.74, 6) is 1.62. The van der Waals surface area contributed by atoms with Crippen molar-refractivity contribution in [2.45, 2.75) is 77.0 Å². The highest BCUT2D eigenvalue weighted by atomic mass is 32.2. The molecule has 0 aliphatic heterocycles. The van der Waals surface area contributed by atoms with Crippen LogP contribution in [0.1, 0.15) is 66.2 Å². The number of hydrogen-bond donors (Lipinski definition) is 2. The first-order chi connectivity index (χ1) is 8.77. The number of thiol groups is 1. The molecule has 0 aromatic heterocycles. The molecular weight excluding hydrogens is 274 g/mol. The van der Waals surface area contributed by atoms with E-state index in [0.717, 1.165) is 24.5 Å². The van der Waals surface area contributed by atoms with E-state index >= 15 is 0 Å². The van der Waals surface area contributed by atoms with Crippen LogP contribution in [0.15, 0.2) is 0 Å². The summed E-state index contributed by atoms with van der Waals surface area (Å²) in [5.41, 5.74) is 5.69. The lowest BCUT2D eigenvalue weighted by Gasteiger charge is -2.25. The summed E-state index contributed by atoms with van der Waals surface area (Å²) in [6.45, 7) is 8.45. The van der Waals surface area contributed by atoms with E-state index in [1.807, 2.05) is 13.8 Å². The predicted molar refractivity (Wildman–Crippen MR) is 91.0 cm³/mol. The summed E-state index contributed by atoms with van der Waals surface area (Å²) in [4.78, 5) is 11.7. The Hall–Kier alpha value is 0.330. The average molecular weight is 306 g/mol. The van der Waals surface area contributed by atoms with Crippen molar-refractivity contribution in [2.75, 3.05) is 5.75 Å². The minimum absolute atomic E-state index is 0.151. The van der Waals surface area contributed by atoms with Crippen LogP contribution in [0, 0.1) is 5.92 Å². The number of unbranched alkanes of at least 4 members (excludes halogenated alkanes) is 1. The van der Waals surface area contributed by atoms with E-state index in [0.29, 0.717) is 11.5 Å². The summed E-state index contributed by atoms with van der Waals surface area (Å²) in [5, 5.41) is 0.470. The van der Waals surface area contributed by atoms with Crippen molar-refractivity contribution >= 4 is 29.5 Å². The molecular formula is C15H31NOS2. The number of thioether (sulfide) groups is 1. The van der Waals surface area contributed by atoms with Gasteiger partial charge in [0.05, 0.1) is 0 Å². The Morgan fingerprint density at radius 2 is 1.95 bits per heavy atom. The topological polar surface area (TPSA) is 43.1 Å². The van der Waals surface area contributed by atoms with Crippen LogP contribution in [0.4, 0.5) is 0 Å². The van der Waals surface area contributed by atoms with Gasteiger partial charge in [-0.05, 0) is 32.6 Å². The largest absolute Gasteiger partial charge is 0.325 e. The second kappa shape index (κ2) is 10.1. The van der Waals surface area contributed by atoms with E-state index < -0.39 is 0 Å². The van der Waals surface area contributed by atoms with Crippen molar-refractivity contribution in [2.24, 2.45) is 11.7 Å². The third-order valence-electron chi connectivity index (χ3n) is 3.54. The summed E-state index contributed by atoms with van der Waals surface area (Å²) < 4.78 is 0. The average Bonchev–Trinajstić information content (AvgIpc) is 2.32. The van der Waals surface area contributed by atoms with Gasteiger partial charge in [0.2, 0.25) is 0 Å². The van der Waals surface area contributed by atoms with Gasteiger partial charge in [0.1, 0.15) is 0 Å². The highest BCUT2D eigenvalue weighted by Crippen LogP contribution is 2.20. The van der Waals surface area contributed by atoms with Crippen LogP contribution in [0.5, 0.6) is 0 Å². The number of carbonyl (C=O) groups excluding carboxylic acids is 1. The molecule has 2 N–H and O–H groups in total. The zero-order valence-corrected chi connectivity index (χ0v) is 14.7. The van der Waals surface area contributed by atoms with Crippen molar-refractivity contribution < 1.29 is 4.79 Å². The molecule has 0 amide bonds. The molecule has 0 fully saturated rings. The van der Waals surface area contributed by atoms with Crippen molar-refractivity contribution in [1.29, 1.82) is 0 Å². The molecule has 4 heteroatoms. The van der Waals surface area contributed by atoms with E-state index in [2.05, 4.69) is 26.5 Å². The van der Waals surface area contributed by atoms with Gasteiger partial charge in [-0.1, -0.05) is 44.9 Å². The van der Waals surface area contributed by atoms with Crippen molar-refractivity contribution in [3.63, 3.8) is 0 Å². The standard InChI is InChI=1S/C15H31NOS2/c1-5-12(2)8-6-7-9-14(17)19-11-10-13(18)15(3,4)16/h12-13,18H,5-11,16H2,1-4H3. The van der Waals surface area contributed by atoms with Gasteiger partial charge >= 0.3 is 0 Å². The molecule has 0 spiro atoms. The molecule has 114 valence electrons. The molecule has 0 saturated carbocycles. The maximum absolute atomic E-state index is 11.7. The van der Waals surface area contributed by atoms with Crippen LogP contribution in [0.3, 0.4) is 0 Å². The fourth-order valence-electron chi connectivity index (χ4n) is 1.69. The minimum Gasteiger partial charge on any atom is -0.325 e. The Morgan fingerprint density at radius 1 is 1.32 bits per heavy atom. The van der Waals surface area contributed by atoms with Gasteiger partial charge in [-0.25, -0.2) is 0 Å². The summed E-state index contributed by atoms with van der Waals surface area (Å²) in [6.07, 6.45) is 6.28. The van der Waals surface area contributed by atoms with Gasteiger partial charge in [-0.2, -0.15) is 12.6 Å². The number of rotatable bonds is 10. The minimum atomic E-state index is -0.275. The Bertz CT molecular complexity index is 251. The zero-order valence-electron chi connectivity index (χ0n) is 12.9. The van der Waals surface area contributed by atoms with E-state index in [1.54, 1.807) is 0 Å². The normalized spacial score (nSPS) is 15.3. The highest BCUT2D eigenvalue weighted by molar-refractivity contribution is 8.13. The van der Waals surface area contributed by atoms with Crippen LogP contribution in [0.2, 0.25) is 0 Å². The van der Waals surface area contributed by atoms with Gasteiger partial charge in [-0.15, -0.1) is 0 Å². The molecule has 2 atom stereocenters. The Morgan fingerprint density at radius 3 is 2.47 bits per heavy atom. The molecule has 0 heterocycles. The molecule has 19 heavy (non-hydrogen) atoms. The fraction of sp³-hybridized carbons (Fsp3) is 0.933. The summed E-state index contributed by atoms with van der Waals surface area (Å²) >= 11 is 5.92. The van der Waals surface area contributed by atoms with Gasteiger partial charge < -0.3 is 5.73 Å². The molecule has 0 aliphatic carbocycles. The predicted octanol–water partition coefficient (Wildman–Crippen LogP) is 4.28. The van der Waals surface area contributed by atoms with E-state index in [1.165, 1.54) is 31.0 Å². The molecule has 0 radical (unpaired) electrons. The molecule has 0 aromatic rings. The molecule has 0 aromatic carbocycles. The van der Waals surface area contributed by atoms with Crippen LogP contribution in [0.25, 0.3) is 0 Å². The second-order valence-corrected chi connectivity index (χ2v) is 7.88. The Kier molecular flexibility index (Phi) is 10.3. The maximum Gasteiger partial charge on any atom is 0.188 e. The van der Waals surface area contributed by atoms with Gasteiger partial charge in [0.15, 0.2) is 5.12 Å². The molecule has 2 unspecified atom stereocenters. The molecule has 0 saturated heterocycles. The van der Waals surface area contributed by atoms with E-state index in [4.69, 9.17) is 5.73 Å². The van der Waals surface area contributed by atoms with Crippen LogP contribution in [-0.4, -0.2) is 21.7 Å². The summed E-state index contributed by atoms with van der Waals surface area (Å²) in [7, 11) is 0. The van der Waals surface area contributed by atoms with Gasteiger partial charge in [0.25, 0.3) is 0 Å². The lowest BCUT2D eigenvalue weighted by atomic mass is 10.0. The van der Waals surface area contributed by atoms with Crippen LogP contribution < -0.4 is 5.73 Å². The van der Waals surface area contributed by atoms with Crippen molar-refractivity contribution in [1.82, 2.24) is 0 Å².